The third kappa shape index (κ3) is 5.28. The molecule has 0 aliphatic heterocycles. The largest absolute Gasteiger partial charge is 0.295 e. The highest BCUT2D eigenvalue weighted by Crippen LogP contribution is 1.97. The van der Waals surface area contributed by atoms with E-state index in [4.69, 9.17) is 0 Å². The smallest absolute Gasteiger partial charge is 0.158 e. The highest BCUT2D eigenvalue weighted by Gasteiger charge is 1.93. The van der Waals surface area contributed by atoms with E-state index >= 15 is 0 Å². The van der Waals surface area contributed by atoms with Crippen LogP contribution in [0.15, 0.2) is 12.7 Å². The van der Waals surface area contributed by atoms with Crippen LogP contribution in [0, 0.1) is 6.42 Å². The maximum atomic E-state index is 10.5. The molecule has 0 saturated heterocycles. The zero-order valence-corrected chi connectivity index (χ0v) is 5.89. The Balaban J connectivity index is 3.07. The van der Waals surface area contributed by atoms with E-state index in [1.165, 1.54) is 6.08 Å². The Morgan fingerprint density at radius 3 is 2.78 bits per heavy atom. The molecule has 0 amide bonds. The molecule has 0 bridgehead atoms. The number of unbranched alkanes of at least 4 members (excludes halogenated alkanes) is 2. The van der Waals surface area contributed by atoms with Crippen molar-refractivity contribution in [2.24, 2.45) is 0 Å². The van der Waals surface area contributed by atoms with Crippen molar-refractivity contribution in [1.82, 2.24) is 0 Å². The van der Waals surface area contributed by atoms with Crippen molar-refractivity contribution in [2.45, 2.75) is 26.2 Å². The Morgan fingerprint density at radius 1 is 1.67 bits per heavy atom. The predicted octanol–water partition coefficient (Wildman–Crippen LogP) is 2.14. The van der Waals surface area contributed by atoms with E-state index in [0.717, 1.165) is 19.3 Å². The van der Waals surface area contributed by atoms with Crippen LogP contribution >= 0.6 is 0 Å². The first kappa shape index (κ1) is 8.41. The molecule has 0 saturated carbocycles. The Labute approximate surface area is 56.8 Å². The van der Waals surface area contributed by atoms with E-state index in [1.807, 2.05) is 0 Å². The van der Waals surface area contributed by atoms with Crippen LogP contribution in [0.2, 0.25) is 0 Å². The van der Waals surface area contributed by atoms with Crippen LogP contribution in [-0.2, 0) is 4.79 Å². The standard InChI is InChI=1S/C8H13O/c1-3-5-6-7-8(9)4-2/h4,7H,2-3,5-6H2,1H3. The van der Waals surface area contributed by atoms with Crippen LogP contribution in [0.3, 0.4) is 0 Å². The molecule has 9 heavy (non-hydrogen) atoms. The topological polar surface area (TPSA) is 17.1 Å². The van der Waals surface area contributed by atoms with Crippen molar-refractivity contribution >= 4 is 5.78 Å². The number of carbonyl (C=O) groups excluding carboxylic acids is 1. The van der Waals surface area contributed by atoms with Crippen molar-refractivity contribution in [3.63, 3.8) is 0 Å². The Bertz CT molecular complexity index is 94.7. The minimum Gasteiger partial charge on any atom is -0.295 e. The van der Waals surface area contributed by atoms with Gasteiger partial charge in [0.05, 0.1) is 0 Å². The summed E-state index contributed by atoms with van der Waals surface area (Å²) in [6.45, 7) is 5.46. The van der Waals surface area contributed by atoms with Crippen LogP contribution in [0.5, 0.6) is 0 Å². The van der Waals surface area contributed by atoms with Gasteiger partial charge in [0.1, 0.15) is 0 Å². The van der Waals surface area contributed by atoms with Gasteiger partial charge >= 0.3 is 0 Å². The maximum absolute atomic E-state index is 10.5. The van der Waals surface area contributed by atoms with Gasteiger partial charge in [-0.2, -0.15) is 0 Å². The highest BCUT2D eigenvalue weighted by molar-refractivity contribution is 5.96. The zero-order valence-electron chi connectivity index (χ0n) is 5.89. The quantitative estimate of drug-likeness (QED) is 0.406. The van der Waals surface area contributed by atoms with Crippen LogP contribution in [0.4, 0.5) is 0 Å². The molecular formula is C8H13O. The third-order valence-corrected chi connectivity index (χ3v) is 1.10. The molecular weight excluding hydrogens is 112 g/mol. The van der Waals surface area contributed by atoms with Crippen molar-refractivity contribution in [1.29, 1.82) is 0 Å². The summed E-state index contributed by atoms with van der Waals surface area (Å²) in [6, 6.07) is 0. The molecule has 0 aromatic rings. The molecule has 0 atom stereocenters. The van der Waals surface area contributed by atoms with Gasteiger partial charge in [0, 0.05) is 6.42 Å². The van der Waals surface area contributed by atoms with Crippen molar-refractivity contribution in [2.75, 3.05) is 0 Å². The molecule has 0 aromatic heterocycles. The third-order valence-electron chi connectivity index (χ3n) is 1.10. The van der Waals surface area contributed by atoms with Gasteiger partial charge in [0.2, 0.25) is 0 Å². The van der Waals surface area contributed by atoms with Gasteiger partial charge in [0.25, 0.3) is 0 Å². The number of rotatable bonds is 5. The summed E-state index contributed by atoms with van der Waals surface area (Å²) in [7, 11) is 0. The first-order chi connectivity index (χ1) is 4.31. The molecule has 0 N–H and O–H groups in total. The lowest BCUT2D eigenvalue weighted by Crippen LogP contribution is -1.91. The average molecular weight is 125 g/mol. The molecule has 0 aliphatic carbocycles. The monoisotopic (exact) mass is 125 g/mol. The van der Waals surface area contributed by atoms with Crippen LogP contribution in [0.25, 0.3) is 0 Å². The molecule has 0 heterocycles. The van der Waals surface area contributed by atoms with Gasteiger partial charge in [-0.3, -0.25) is 4.79 Å². The summed E-state index contributed by atoms with van der Waals surface area (Å²) in [4.78, 5) is 10.5. The van der Waals surface area contributed by atoms with Gasteiger partial charge < -0.3 is 0 Å². The van der Waals surface area contributed by atoms with Gasteiger partial charge in [-0.15, -0.1) is 0 Å². The summed E-state index contributed by atoms with van der Waals surface area (Å²) in [6.07, 6.45) is 6.15. The second-order valence-electron chi connectivity index (χ2n) is 1.95. The molecule has 0 fully saturated rings. The van der Waals surface area contributed by atoms with Gasteiger partial charge in [-0.05, 0) is 12.5 Å². The first-order valence-electron chi connectivity index (χ1n) is 3.31. The lowest BCUT2D eigenvalue weighted by Gasteiger charge is -1.91. The normalized spacial score (nSPS) is 9.00. The lowest BCUT2D eigenvalue weighted by atomic mass is 10.1. The fourth-order valence-electron chi connectivity index (χ4n) is 0.532. The lowest BCUT2D eigenvalue weighted by molar-refractivity contribution is -0.111. The molecule has 0 aliphatic rings. The number of ketones is 1. The molecule has 0 rings (SSSR count). The Morgan fingerprint density at radius 2 is 2.33 bits per heavy atom. The molecule has 0 spiro atoms. The molecule has 1 heteroatoms. The van der Waals surface area contributed by atoms with E-state index in [1.54, 1.807) is 6.42 Å². The second-order valence-corrected chi connectivity index (χ2v) is 1.95. The summed E-state index contributed by atoms with van der Waals surface area (Å²) in [5, 5.41) is 0. The zero-order chi connectivity index (χ0) is 7.11. The van der Waals surface area contributed by atoms with E-state index in [-0.39, 0.29) is 5.78 Å². The highest BCUT2D eigenvalue weighted by atomic mass is 16.1. The summed E-state index contributed by atoms with van der Waals surface area (Å²) < 4.78 is 0. The molecule has 1 nitrogen and oxygen atoms in total. The van der Waals surface area contributed by atoms with Crippen LogP contribution in [-0.4, -0.2) is 5.78 Å². The summed E-state index contributed by atoms with van der Waals surface area (Å²) in [5.41, 5.74) is 0. The van der Waals surface area contributed by atoms with Gasteiger partial charge in [-0.25, -0.2) is 0 Å². The van der Waals surface area contributed by atoms with Gasteiger partial charge in [-0.1, -0.05) is 26.3 Å². The average Bonchev–Trinajstić information content (AvgIpc) is 1.89. The SMILES string of the molecule is C=CC(=O)[CH]CCCC. The number of allylic oxidation sites excluding steroid dienone is 1. The second kappa shape index (κ2) is 5.54. The van der Waals surface area contributed by atoms with E-state index < -0.39 is 0 Å². The summed E-state index contributed by atoms with van der Waals surface area (Å²) >= 11 is 0. The van der Waals surface area contributed by atoms with E-state index in [2.05, 4.69) is 13.5 Å². The molecule has 1 radical (unpaired) electrons. The molecule has 51 valence electrons. The van der Waals surface area contributed by atoms with E-state index in [0.29, 0.717) is 0 Å². The minimum absolute atomic E-state index is 0.0449. The van der Waals surface area contributed by atoms with Crippen molar-refractivity contribution in [3.8, 4) is 0 Å². The van der Waals surface area contributed by atoms with Crippen LogP contribution < -0.4 is 0 Å². The fraction of sp³-hybridized carbons (Fsp3) is 0.500. The Hall–Kier alpha value is -0.590. The van der Waals surface area contributed by atoms with Crippen molar-refractivity contribution < 1.29 is 4.79 Å². The maximum Gasteiger partial charge on any atom is 0.158 e. The minimum atomic E-state index is 0.0449. The van der Waals surface area contributed by atoms with Crippen molar-refractivity contribution in [3.05, 3.63) is 19.1 Å². The number of hydrogen-bond acceptors (Lipinski definition) is 1. The number of hydrogen-bond donors (Lipinski definition) is 0. The predicted molar refractivity (Wildman–Crippen MR) is 39.0 cm³/mol. The molecule has 0 unspecified atom stereocenters. The molecule has 0 aromatic carbocycles. The number of carbonyl (C=O) groups is 1. The fourth-order valence-corrected chi connectivity index (χ4v) is 0.532. The first-order valence-corrected chi connectivity index (χ1v) is 3.31. The summed E-state index contributed by atoms with van der Waals surface area (Å²) in [5.74, 6) is 0.0449. The van der Waals surface area contributed by atoms with Gasteiger partial charge in [0.15, 0.2) is 5.78 Å². The van der Waals surface area contributed by atoms with Crippen LogP contribution in [0.1, 0.15) is 26.2 Å². The van der Waals surface area contributed by atoms with E-state index in [9.17, 15) is 4.79 Å². The Kier molecular flexibility index (Phi) is 5.18.